The van der Waals surface area contributed by atoms with Gasteiger partial charge >= 0.3 is 0 Å². The van der Waals surface area contributed by atoms with E-state index in [9.17, 15) is 0 Å². The van der Waals surface area contributed by atoms with Gasteiger partial charge in [0, 0.05) is 12.1 Å². The number of nitrogens with zero attached hydrogens (tertiary/aromatic N) is 4. The number of ether oxygens (including phenoxy) is 1. The number of benzene rings is 2. The summed E-state index contributed by atoms with van der Waals surface area (Å²) in [5, 5.41) is 3.52. The van der Waals surface area contributed by atoms with E-state index in [1.807, 2.05) is 56.3 Å². The van der Waals surface area contributed by atoms with Gasteiger partial charge in [-0.3, -0.25) is 0 Å². The lowest BCUT2D eigenvalue weighted by Gasteiger charge is -2.17. The van der Waals surface area contributed by atoms with Crippen molar-refractivity contribution in [2.24, 2.45) is 0 Å². The third-order valence-corrected chi connectivity index (χ3v) is 5.17. The van der Waals surface area contributed by atoms with E-state index >= 15 is 0 Å². The lowest BCUT2D eigenvalue weighted by molar-refractivity contribution is 0.409. The summed E-state index contributed by atoms with van der Waals surface area (Å²) in [4.78, 5) is 13.9. The predicted molar refractivity (Wildman–Crippen MR) is 120 cm³/mol. The minimum atomic E-state index is 0.194. The Hall–Kier alpha value is -3.41. The molecule has 2 aromatic heterocycles. The van der Waals surface area contributed by atoms with Crippen molar-refractivity contribution >= 4 is 16.9 Å². The summed E-state index contributed by atoms with van der Waals surface area (Å²) in [5.74, 6) is 3.48. The number of para-hydroxylation sites is 3. The van der Waals surface area contributed by atoms with E-state index in [4.69, 9.17) is 4.74 Å². The zero-order chi connectivity index (χ0) is 21.1. The molecule has 0 radical (unpaired) electrons. The highest BCUT2D eigenvalue weighted by molar-refractivity contribution is 5.75. The number of aromatic nitrogens is 4. The number of aryl methyl sites for hydroxylation is 2. The molecule has 0 saturated carbocycles. The molecule has 0 fully saturated rings. The number of fused-ring (bicyclic) bond motifs is 1. The second-order valence-electron chi connectivity index (χ2n) is 7.59. The second kappa shape index (κ2) is 8.53. The number of imidazole rings is 1. The van der Waals surface area contributed by atoms with Gasteiger partial charge in [0.25, 0.3) is 0 Å². The van der Waals surface area contributed by atoms with Crippen LogP contribution in [0.15, 0.2) is 54.6 Å². The summed E-state index contributed by atoms with van der Waals surface area (Å²) in [6, 6.07) is 18.5. The topological polar surface area (TPSA) is 64.9 Å². The SMILES string of the molecule is COc1ccccc1C[C@@H](C)Nc1cc(Cn2c(C)nc3ccccc32)nc(C)n1. The highest BCUT2D eigenvalue weighted by Gasteiger charge is 2.12. The normalized spacial score (nSPS) is 12.1. The summed E-state index contributed by atoms with van der Waals surface area (Å²) in [7, 11) is 1.71. The summed E-state index contributed by atoms with van der Waals surface area (Å²) < 4.78 is 7.67. The van der Waals surface area contributed by atoms with Gasteiger partial charge in [-0.1, -0.05) is 30.3 Å². The number of hydrogen-bond acceptors (Lipinski definition) is 5. The average Bonchev–Trinajstić information content (AvgIpc) is 3.03. The van der Waals surface area contributed by atoms with Gasteiger partial charge in [0.05, 0.1) is 30.4 Å². The molecule has 2 heterocycles. The Balaban J connectivity index is 1.54. The fraction of sp³-hybridized carbons (Fsp3) is 0.292. The van der Waals surface area contributed by atoms with Crippen LogP contribution in [0.2, 0.25) is 0 Å². The summed E-state index contributed by atoms with van der Waals surface area (Å²) in [6.45, 7) is 6.77. The average molecular weight is 402 g/mol. The maximum atomic E-state index is 5.48. The van der Waals surface area contributed by atoms with Crippen LogP contribution in [0.25, 0.3) is 11.0 Å². The van der Waals surface area contributed by atoms with E-state index in [-0.39, 0.29) is 6.04 Å². The first-order valence-corrected chi connectivity index (χ1v) is 10.2. The van der Waals surface area contributed by atoms with Gasteiger partial charge in [-0.2, -0.15) is 0 Å². The molecule has 154 valence electrons. The second-order valence-corrected chi connectivity index (χ2v) is 7.59. The zero-order valence-electron chi connectivity index (χ0n) is 17.9. The fourth-order valence-electron chi connectivity index (χ4n) is 3.85. The predicted octanol–water partition coefficient (Wildman–Crippen LogP) is 4.54. The molecular formula is C24H27N5O. The van der Waals surface area contributed by atoms with Crippen molar-refractivity contribution in [2.45, 2.75) is 39.8 Å². The van der Waals surface area contributed by atoms with E-state index < -0.39 is 0 Å². The minimum absolute atomic E-state index is 0.194. The monoisotopic (exact) mass is 401 g/mol. The molecule has 0 unspecified atom stereocenters. The summed E-state index contributed by atoms with van der Waals surface area (Å²) >= 11 is 0. The van der Waals surface area contributed by atoms with Crippen molar-refractivity contribution in [2.75, 3.05) is 12.4 Å². The molecular weight excluding hydrogens is 374 g/mol. The molecule has 2 aromatic carbocycles. The third-order valence-electron chi connectivity index (χ3n) is 5.17. The van der Waals surface area contributed by atoms with Crippen LogP contribution < -0.4 is 10.1 Å². The highest BCUT2D eigenvalue weighted by atomic mass is 16.5. The zero-order valence-corrected chi connectivity index (χ0v) is 17.9. The van der Waals surface area contributed by atoms with Crippen molar-refractivity contribution < 1.29 is 4.74 Å². The lowest BCUT2D eigenvalue weighted by atomic mass is 10.1. The number of methoxy groups -OCH3 is 1. The van der Waals surface area contributed by atoms with Crippen LogP contribution in [0.3, 0.4) is 0 Å². The van der Waals surface area contributed by atoms with Gasteiger partial charge in [0.15, 0.2) is 0 Å². The fourth-order valence-corrected chi connectivity index (χ4v) is 3.85. The van der Waals surface area contributed by atoms with Gasteiger partial charge < -0.3 is 14.6 Å². The first-order valence-electron chi connectivity index (χ1n) is 10.2. The van der Waals surface area contributed by atoms with Crippen molar-refractivity contribution in [3.05, 3.63) is 77.5 Å². The number of rotatable bonds is 7. The molecule has 30 heavy (non-hydrogen) atoms. The Morgan fingerprint density at radius 1 is 1.00 bits per heavy atom. The molecule has 0 amide bonds. The van der Waals surface area contributed by atoms with E-state index in [0.717, 1.165) is 46.4 Å². The summed E-state index contributed by atoms with van der Waals surface area (Å²) in [6.07, 6.45) is 0.841. The van der Waals surface area contributed by atoms with Gasteiger partial charge in [-0.15, -0.1) is 0 Å². The van der Waals surface area contributed by atoms with Crippen LogP contribution in [-0.2, 0) is 13.0 Å². The lowest BCUT2D eigenvalue weighted by Crippen LogP contribution is -2.20. The van der Waals surface area contributed by atoms with Gasteiger partial charge in [-0.25, -0.2) is 15.0 Å². The Kier molecular flexibility index (Phi) is 5.65. The molecule has 4 rings (SSSR count). The number of nitrogens with one attached hydrogen (secondary N) is 1. The van der Waals surface area contributed by atoms with Crippen molar-refractivity contribution in [3.8, 4) is 5.75 Å². The minimum Gasteiger partial charge on any atom is -0.496 e. The van der Waals surface area contributed by atoms with Crippen LogP contribution in [0.4, 0.5) is 5.82 Å². The molecule has 0 bridgehead atoms. The van der Waals surface area contributed by atoms with Crippen LogP contribution in [0.5, 0.6) is 5.75 Å². The van der Waals surface area contributed by atoms with Gasteiger partial charge in [0.1, 0.15) is 23.2 Å². The molecule has 0 spiro atoms. The Morgan fingerprint density at radius 3 is 2.60 bits per heavy atom. The first-order chi connectivity index (χ1) is 14.5. The summed E-state index contributed by atoms with van der Waals surface area (Å²) in [5.41, 5.74) is 4.25. The van der Waals surface area contributed by atoms with E-state index in [2.05, 4.69) is 43.9 Å². The van der Waals surface area contributed by atoms with Crippen molar-refractivity contribution in [3.63, 3.8) is 0 Å². The maximum absolute atomic E-state index is 5.48. The molecule has 6 nitrogen and oxygen atoms in total. The van der Waals surface area contributed by atoms with Gasteiger partial charge in [-0.05, 0) is 51.0 Å². The van der Waals surface area contributed by atoms with Crippen LogP contribution in [0.1, 0.15) is 29.8 Å². The highest BCUT2D eigenvalue weighted by Crippen LogP contribution is 2.21. The smallest absolute Gasteiger partial charge is 0.130 e. The largest absolute Gasteiger partial charge is 0.496 e. The molecule has 6 heteroatoms. The number of hydrogen-bond donors (Lipinski definition) is 1. The molecule has 1 atom stereocenters. The van der Waals surface area contributed by atoms with E-state index in [1.165, 1.54) is 5.56 Å². The third kappa shape index (κ3) is 4.27. The van der Waals surface area contributed by atoms with Crippen molar-refractivity contribution in [1.82, 2.24) is 19.5 Å². The van der Waals surface area contributed by atoms with E-state index in [1.54, 1.807) is 7.11 Å². The quantitative estimate of drug-likeness (QED) is 0.492. The van der Waals surface area contributed by atoms with Gasteiger partial charge in [0.2, 0.25) is 0 Å². The van der Waals surface area contributed by atoms with Crippen LogP contribution in [0, 0.1) is 13.8 Å². The Labute approximate surface area is 177 Å². The Morgan fingerprint density at radius 2 is 1.77 bits per heavy atom. The van der Waals surface area contributed by atoms with Crippen LogP contribution >= 0.6 is 0 Å². The maximum Gasteiger partial charge on any atom is 0.130 e. The molecule has 4 aromatic rings. The molecule has 0 saturated heterocycles. The van der Waals surface area contributed by atoms with E-state index in [0.29, 0.717) is 6.54 Å². The van der Waals surface area contributed by atoms with Crippen LogP contribution in [-0.4, -0.2) is 32.7 Å². The number of anilines is 1. The standard InChI is InChI=1S/C24H27N5O/c1-16(13-19-9-5-8-12-23(19)30-4)25-24-14-20(26-17(2)27-24)15-29-18(3)28-21-10-6-7-11-22(21)29/h5-12,14,16H,13,15H2,1-4H3,(H,25,26,27)/t16-/m1/s1. The molecule has 0 aliphatic rings. The molecule has 0 aliphatic carbocycles. The first kappa shape index (κ1) is 19.9. The Bertz CT molecular complexity index is 1170. The molecule has 0 aliphatic heterocycles. The molecule has 1 N–H and O–H groups in total. The van der Waals surface area contributed by atoms with Crippen molar-refractivity contribution in [1.29, 1.82) is 0 Å².